The summed E-state index contributed by atoms with van der Waals surface area (Å²) in [7, 11) is -2.83. The lowest BCUT2D eigenvalue weighted by Gasteiger charge is -2.28. The largest absolute Gasteiger partial charge is 0.505 e. The van der Waals surface area contributed by atoms with Gasteiger partial charge in [-0.2, -0.15) is 10.1 Å². The highest BCUT2D eigenvalue weighted by Crippen LogP contribution is 2.34. The lowest BCUT2D eigenvalue weighted by molar-refractivity contribution is -0.117. The van der Waals surface area contributed by atoms with E-state index in [0.29, 0.717) is 9.99 Å². The van der Waals surface area contributed by atoms with Gasteiger partial charge in [-0.15, -0.1) is 0 Å². The Hall–Kier alpha value is -3.66. The minimum atomic E-state index is -4.01. The molecule has 0 atom stereocenters. The first-order valence-corrected chi connectivity index (χ1v) is 10.0. The molecule has 2 aliphatic heterocycles. The Morgan fingerprint density at radius 2 is 1.76 bits per heavy atom. The minimum absolute atomic E-state index is 0.0334. The summed E-state index contributed by atoms with van der Waals surface area (Å²) in [6.07, 6.45) is -0.165. The van der Waals surface area contributed by atoms with Gasteiger partial charge in [-0.3, -0.25) is 13.9 Å². The second-order valence-corrected chi connectivity index (χ2v) is 8.32. The first kappa shape index (κ1) is 18.7. The molecule has 0 radical (unpaired) electrons. The first-order valence-electron chi connectivity index (χ1n) is 8.59. The summed E-state index contributed by atoms with van der Waals surface area (Å²) >= 11 is 0. The zero-order valence-corrected chi connectivity index (χ0v) is 16.0. The van der Waals surface area contributed by atoms with Crippen molar-refractivity contribution >= 4 is 39.1 Å². The number of anilines is 1. The van der Waals surface area contributed by atoms with E-state index in [0.717, 1.165) is 5.01 Å². The summed E-state index contributed by atoms with van der Waals surface area (Å²) in [4.78, 5) is 24.9. The molecule has 29 heavy (non-hydrogen) atoms. The van der Waals surface area contributed by atoms with E-state index >= 15 is 0 Å². The number of carbonyl (C=O) groups excluding carboxylic acids is 2. The van der Waals surface area contributed by atoms with Crippen LogP contribution >= 0.6 is 0 Å². The predicted molar refractivity (Wildman–Crippen MR) is 105 cm³/mol. The summed E-state index contributed by atoms with van der Waals surface area (Å²) in [5, 5.41) is 18.2. The molecule has 9 nitrogen and oxygen atoms in total. The second kappa shape index (κ2) is 6.74. The molecule has 2 aliphatic rings. The third-order valence-electron chi connectivity index (χ3n) is 4.57. The van der Waals surface area contributed by atoms with E-state index in [4.69, 9.17) is 0 Å². The van der Waals surface area contributed by atoms with E-state index in [1.54, 1.807) is 36.4 Å². The lowest BCUT2D eigenvalue weighted by Crippen LogP contribution is -2.41. The normalized spacial score (nSPS) is 17.8. The highest BCUT2D eigenvalue weighted by molar-refractivity contribution is 7.89. The standard InChI is InChI=1S/C19H16N4O5S/c1-22-17(18(25)13-9-5-6-10-14(13)29(22,27)28)19(26)20-15-11-16(24)23(21-15)12-7-3-2-4-8-12/h2-10,25H,11H2,1H3,(H,20,21,26). The number of aliphatic hydroxyl groups is 1. The maximum atomic E-state index is 12.8. The number of fused-ring (bicyclic) bond motifs is 1. The van der Waals surface area contributed by atoms with Gasteiger partial charge in [-0.05, 0) is 24.3 Å². The monoisotopic (exact) mass is 412 g/mol. The van der Waals surface area contributed by atoms with E-state index in [1.807, 2.05) is 0 Å². The van der Waals surface area contributed by atoms with Crippen LogP contribution in [0.1, 0.15) is 12.0 Å². The smallest absolute Gasteiger partial charge is 0.277 e. The van der Waals surface area contributed by atoms with Crippen LogP contribution in [0.25, 0.3) is 5.76 Å². The molecule has 2 aromatic rings. The highest BCUT2D eigenvalue weighted by atomic mass is 32.2. The van der Waals surface area contributed by atoms with Crippen LogP contribution in [0.15, 0.2) is 70.3 Å². The van der Waals surface area contributed by atoms with Crippen molar-refractivity contribution in [2.24, 2.45) is 5.10 Å². The van der Waals surface area contributed by atoms with Crippen molar-refractivity contribution < 1.29 is 23.1 Å². The van der Waals surface area contributed by atoms with Crippen LogP contribution in [0, 0.1) is 0 Å². The van der Waals surface area contributed by atoms with Crippen molar-refractivity contribution in [2.45, 2.75) is 11.3 Å². The molecule has 0 aromatic heterocycles. The van der Waals surface area contributed by atoms with Gasteiger partial charge in [0.15, 0.2) is 11.5 Å². The maximum Gasteiger partial charge on any atom is 0.277 e. The number of nitrogens with one attached hydrogen (secondary N) is 1. The Labute approximate surface area is 166 Å². The lowest BCUT2D eigenvalue weighted by atomic mass is 10.1. The van der Waals surface area contributed by atoms with Gasteiger partial charge in [-0.25, -0.2) is 8.42 Å². The topological polar surface area (TPSA) is 119 Å². The number of hydrogen-bond donors (Lipinski definition) is 2. The van der Waals surface area contributed by atoms with Gasteiger partial charge in [0.2, 0.25) is 0 Å². The van der Waals surface area contributed by atoms with Crippen LogP contribution in [-0.2, 0) is 19.6 Å². The number of benzene rings is 2. The fourth-order valence-electron chi connectivity index (χ4n) is 3.14. The Bertz CT molecular complexity index is 1190. The molecule has 0 spiro atoms. The Balaban J connectivity index is 1.66. The molecule has 0 unspecified atom stereocenters. The molecular weight excluding hydrogens is 396 g/mol. The van der Waals surface area contributed by atoms with Crippen molar-refractivity contribution in [3.63, 3.8) is 0 Å². The molecule has 0 saturated heterocycles. The third-order valence-corrected chi connectivity index (χ3v) is 6.38. The molecule has 0 saturated carbocycles. The van der Waals surface area contributed by atoms with Gasteiger partial charge in [0, 0.05) is 12.6 Å². The number of sulfonamides is 1. The number of amides is 2. The fraction of sp³-hybridized carbons (Fsp3) is 0.105. The molecule has 2 amide bonds. The van der Waals surface area contributed by atoms with Crippen molar-refractivity contribution in [1.29, 1.82) is 0 Å². The number of hydrogen-bond acceptors (Lipinski definition) is 6. The first-order chi connectivity index (χ1) is 13.8. The van der Waals surface area contributed by atoms with Crippen LogP contribution in [0.5, 0.6) is 0 Å². The number of amidine groups is 1. The average molecular weight is 412 g/mol. The van der Waals surface area contributed by atoms with Crippen LogP contribution in [-0.4, -0.2) is 42.5 Å². The number of carbonyl (C=O) groups is 2. The van der Waals surface area contributed by atoms with E-state index < -0.39 is 27.4 Å². The molecule has 10 heteroatoms. The Morgan fingerprint density at radius 1 is 1.10 bits per heavy atom. The number of para-hydroxylation sites is 1. The molecule has 0 bridgehead atoms. The van der Waals surface area contributed by atoms with E-state index in [1.165, 1.54) is 25.2 Å². The van der Waals surface area contributed by atoms with Gasteiger partial charge in [0.05, 0.1) is 17.0 Å². The second-order valence-electron chi connectivity index (χ2n) is 6.38. The van der Waals surface area contributed by atoms with Gasteiger partial charge in [0.25, 0.3) is 21.8 Å². The van der Waals surface area contributed by atoms with Crippen LogP contribution in [0.3, 0.4) is 0 Å². The zero-order valence-electron chi connectivity index (χ0n) is 15.2. The van der Waals surface area contributed by atoms with E-state index in [-0.39, 0.29) is 28.6 Å². The van der Waals surface area contributed by atoms with Crippen molar-refractivity contribution in [3.05, 3.63) is 65.9 Å². The Morgan fingerprint density at radius 3 is 2.48 bits per heavy atom. The molecule has 0 fully saturated rings. The predicted octanol–water partition coefficient (Wildman–Crippen LogP) is 1.41. The number of hydrazone groups is 1. The molecule has 2 aromatic carbocycles. The number of likely N-dealkylation sites (N-methyl/N-ethyl adjacent to an activating group) is 1. The molecule has 0 aliphatic carbocycles. The van der Waals surface area contributed by atoms with Crippen LogP contribution in [0.2, 0.25) is 0 Å². The van der Waals surface area contributed by atoms with E-state index in [2.05, 4.69) is 10.4 Å². The molecule has 2 heterocycles. The van der Waals surface area contributed by atoms with Crippen molar-refractivity contribution in [3.8, 4) is 0 Å². The molecule has 148 valence electrons. The minimum Gasteiger partial charge on any atom is -0.505 e. The van der Waals surface area contributed by atoms with Gasteiger partial charge in [-0.1, -0.05) is 30.3 Å². The van der Waals surface area contributed by atoms with Gasteiger partial charge < -0.3 is 10.4 Å². The average Bonchev–Trinajstić information content (AvgIpc) is 3.07. The summed E-state index contributed by atoms with van der Waals surface area (Å²) in [5.74, 6) is -1.65. The van der Waals surface area contributed by atoms with Crippen LogP contribution in [0.4, 0.5) is 5.69 Å². The number of aliphatic hydroxyl groups excluding tert-OH is 1. The molecular formula is C19H16N4O5S. The van der Waals surface area contributed by atoms with Crippen molar-refractivity contribution in [1.82, 2.24) is 9.62 Å². The summed E-state index contributed by atoms with van der Waals surface area (Å²) in [5.41, 5.74) is 0.123. The fourth-order valence-corrected chi connectivity index (χ4v) is 4.54. The molecule has 4 rings (SSSR count). The SMILES string of the molecule is CN1C(C(=O)NC2=NN(c3ccccc3)C(=O)C2)=C(O)c2ccccc2S1(=O)=O. The summed E-state index contributed by atoms with van der Waals surface area (Å²) in [6, 6.07) is 14.5. The quantitative estimate of drug-likeness (QED) is 0.773. The van der Waals surface area contributed by atoms with Crippen LogP contribution < -0.4 is 10.3 Å². The number of rotatable bonds is 2. The highest BCUT2D eigenvalue weighted by Gasteiger charge is 2.38. The Kier molecular flexibility index (Phi) is 4.35. The molecule has 2 N–H and O–H groups in total. The number of nitrogens with zero attached hydrogens (tertiary/aromatic N) is 3. The van der Waals surface area contributed by atoms with Gasteiger partial charge >= 0.3 is 0 Å². The summed E-state index contributed by atoms with van der Waals surface area (Å²) in [6.45, 7) is 0. The van der Waals surface area contributed by atoms with Gasteiger partial charge in [0.1, 0.15) is 5.84 Å². The summed E-state index contributed by atoms with van der Waals surface area (Å²) < 4.78 is 26.1. The van der Waals surface area contributed by atoms with E-state index in [9.17, 15) is 23.1 Å². The maximum absolute atomic E-state index is 12.8. The van der Waals surface area contributed by atoms with Crippen molar-refractivity contribution in [2.75, 3.05) is 12.1 Å². The third kappa shape index (κ3) is 3.03. The zero-order chi connectivity index (χ0) is 20.8.